The van der Waals surface area contributed by atoms with E-state index in [1.165, 1.54) is 10.5 Å². The largest absolute Gasteiger partial charge is 0.122 e. The Kier molecular flexibility index (Phi) is 5.55. The first-order chi connectivity index (χ1) is 6.33. The molecule has 0 fully saturated rings. The minimum atomic E-state index is 1.08. The van der Waals surface area contributed by atoms with Crippen molar-refractivity contribution < 1.29 is 0 Å². The number of allylic oxidation sites excluding steroid dienone is 1. The maximum Gasteiger partial charge on any atom is 0.0203 e. The molecule has 0 amide bonds. The quantitative estimate of drug-likeness (QED) is 0.348. The lowest BCUT2D eigenvalue weighted by atomic mass is 10.3. The van der Waals surface area contributed by atoms with Gasteiger partial charge in [0, 0.05) is 15.1 Å². The highest BCUT2D eigenvalue weighted by Gasteiger charge is 1.89. The van der Waals surface area contributed by atoms with E-state index in [0.29, 0.717) is 0 Å². The van der Waals surface area contributed by atoms with E-state index in [2.05, 4.69) is 65.9 Å². The standard InChI is InChI=1S/C11H13IS/c1-10(9-12)7-8-13-11-5-3-2-4-6-11/h2-7H,8-9H2,1H3/b10-7+. The molecule has 0 radical (unpaired) electrons. The van der Waals surface area contributed by atoms with E-state index in [0.717, 1.165) is 10.2 Å². The first kappa shape index (κ1) is 11.1. The summed E-state index contributed by atoms with van der Waals surface area (Å²) in [6.45, 7) is 2.18. The van der Waals surface area contributed by atoms with Crippen molar-refractivity contribution >= 4 is 34.4 Å². The Morgan fingerprint density at radius 2 is 2.08 bits per heavy atom. The van der Waals surface area contributed by atoms with Gasteiger partial charge in [-0.25, -0.2) is 0 Å². The molecule has 0 saturated heterocycles. The van der Waals surface area contributed by atoms with Gasteiger partial charge >= 0.3 is 0 Å². The molecule has 0 aliphatic heterocycles. The van der Waals surface area contributed by atoms with Crippen molar-refractivity contribution in [2.24, 2.45) is 0 Å². The Morgan fingerprint density at radius 3 is 2.69 bits per heavy atom. The van der Waals surface area contributed by atoms with Gasteiger partial charge in [0.15, 0.2) is 0 Å². The third kappa shape index (κ3) is 4.72. The summed E-state index contributed by atoms with van der Waals surface area (Å²) in [6.07, 6.45) is 2.30. The fraction of sp³-hybridized carbons (Fsp3) is 0.273. The molecule has 0 atom stereocenters. The summed E-state index contributed by atoms with van der Waals surface area (Å²) in [6, 6.07) is 10.5. The third-order valence-electron chi connectivity index (χ3n) is 1.64. The Bertz CT molecular complexity index is 267. The number of hydrogen-bond donors (Lipinski definition) is 0. The van der Waals surface area contributed by atoms with E-state index < -0.39 is 0 Å². The molecule has 0 aromatic heterocycles. The van der Waals surface area contributed by atoms with Gasteiger partial charge < -0.3 is 0 Å². The number of alkyl halides is 1. The van der Waals surface area contributed by atoms with Gasteiger partial charge in [0.1, 0.15) is 0 Å². The summed E-state index contributed by atoms with van der Waals surface area (Å²) < 4.78 is 1.13. The molecule has 0 unspecified atom stereocenters. The molecule has 0 spiro atoms. The predicted molar refractivity (Wildman–Crippen MR) is 69.8 cm³/mol. The molecule has 1 aromatic carbocycles. The topological polar surface area (TPSA) is 0 Å². The van der Waals surface area contributed by atoms with Crippen LogP contribution in [0.4, 0.5) is 0 Å². The van der Waals surface area contributed by atoms with E-state index in [9.17, 15) is 0 Å². The minimum Gasteiger partial charge on any atom is -0.122 e. The lowest BCUT2D eigenvalue weighted by molar-refractivity contribution is 1.40. The Balaban J connectivity index is 2.36. The smallest absolute Gasteiger partial charge is 0.0203 e. The average molecular weight is 304 g/mol. The molecule has 0 bridgehead atoms. The average Bonchev–Trinajstić information content (AvgIpc) is 2.19. The second-order valence-corrected chi connectivity index (χ2v) is 4.66. The van der Waals surface area contributed by atoms with E-state index in [1.807, 2.05) is 11.8 Å². The highest BCUT2D eigenvalue weighted by molar-refractivity contribution is 14.1. The third-order valence-corrected chi connectivity index (χ3v) is 3.78. The highest BCUT2D eigenvalue weighted by Crippen LogP contribution is 2.17. The van der Waals surface area contributed by atoms with Gasteiger partial charge in [0.25, 0.3) is 0 Å². The molecule has 0 saturated carbocycles. The molecule has 0 N–H and O–H groups in total. The van der Waals surface area contributed by atoms with Crippen LogP contribution in [0.2, 0.25) is 0 Å². The molecular weight excluding hydrogens is 291 g/mol. The first-order valence-electron chi connectivity index (χ1n) is 4.22. The zero-order valence-electron chi connectivity index (χ0n) is 7.66. The van der Waals surface area contributed by atoms with Crippen LogP contribution in [0.1, 0.15) is 6.92 Å². The van der Waals surface area contributed by atoms with Crippen molar-refractivity contribution in [2.45, 2.75) is 11.8 Å². The molecule has 2 heteroatoms. The van der Waals surface area contributed by atoms with Crippen molar-refractivity contribution in [1.82, 2.24) is 0 Å². The zero-order valence-corrected chi connectivity index (χ0v) is 10.6. The van der Waals surface area contributed by atoms with Crippen LogP contribution >= 0.6 is 34.4 Å². The van der Waals surface area contributed by atoms with Crippen LogP contribution in [0, 0.1) is 0 Å². The molecule has 1 rings (SSSR count). The number of hydrogen-bond acceptors (Lipinski definition) is 1. The summed E-state index contributed by atoms with van der Waals surface area (Å²) in [7, 11) is 0. The van der Waals surface area contributed by atoms with Crippen molar-refractivity contribution in [3.05, 3.63) is 42.0 Å². The van der Waals surface area contributed by atoms with E-state index in [-0.39, 0.29) is 0 Å². The molecule has 70 valence electrons. The second-order valence-electron chi connectivity index (χ2n) is 2.81. The summed E-state index contributed by atoms with van der Waals surface area (Å²) in [5, 5.41) is 0. The fourth-order valence-electron chi connectivity index (χ4n) is 0.851. The van der Waals surface area contributed by atoms with Crippen LogP contribution in [0.25, 0.3) is 0 Å². The number of halogens is 1. The molecule has 0 aliphatic carbocycles. The van der Waals surface area contributed by atoms with Gasteiger partial charge in [0.2, 0.25) is 0 Å². The summed E-state index contributed by atoms with van der Waals surface area (Å²) in [4.78, 5) is 1.35. The maximum absolute atomic E-state index is 2.39. The molecule has 0 heterocycles. The lowest BCUT2D eigenvalue weighted by Crippen LogP contribution is -1.79. The number of rotatable bonds is 4. The predicted octanol–water partition coefficient (Wildman–Crippen LogP) is 4.16. The Labute approximate surface area is 98.0 Å². The van der Waals surface area contributed by atoms with Gasteiger partial charge in [-0.3, -0.25) is 0 Å². The first-order valence-corrected chi connectivity index (χ1v) is 6.73. The number of benzene rings is 1. The highest BCUT2D eigenvalue weighted by atomic mass is 127. The number of thioether (sulfide) groups is 1. The fourth-order valence-corrected chi connectivity index (χ4v) is 2.07. The van der Waals surface area contributed by atoms with Crippen molar-refractivity contribution in [3.8, 4) is 0 Å². The van der Waals surface area contributed by atoms with Gasteiger partial charge in [-0.05, 0) is 19.1 Å². The summed E-state index contributed by atoms with van der Waals surface area (Å²) in [5.41, 5.74) is 1.46. The monoisotopic (exact) mass is 304 g/mol. The van der Waals surface area contributed by atoms with Gasteiger partial charge in [-0.1, -0.05) is 52.4 Å². The van der Waals surface area contributed by atoms with Crippen LogP contribution in [0.3, 0.4) is 0 Å². The summed E-state index contributed by atoms with van der Waals surface area (Å²) >= 11 is 4.27. The Morgan fingerprint density at radius 1 is 1.38 bits per heavy atom. The SMILES string of the molecule is C/C(=C\CSc1ccccc1)CI. The van der Waals surface area contributed by atoms with Gasteiger partial charge in [0.05, 0.1) is 0 Å². The van der Waals surface area contributed by atoms with Crippen LogP contribution in [0.15, 0.2) is 46.9 Å². The summed E-state index contributed by atoms with van der Waals surface area (Å²) in [5.74, 6) is 1.08. The molecule has 13 heavy (non-hydrogen) atoms. The maximum atomic E-state index is 2.39. The minimum absolute atomic E-state index is 1.08. The van der Waals surface area contributed by atoms with Crippen LogP contribution < -0.4 is 0 Å². The second kappa shape index (κ2) is 6.49. The van der Waals surface area contributed by atoms with Crippen LogP contribution in [0.5, 0.6) is 0 Å². The molecular formula is C11H13IS. The van der Waals surface area contributed by atoms with E-state index in [1.54, 1.807) is 0 Å². The van der Waals surface area contributed by atoms with Gasteiger partial charge in [-0.15, -0.1) is 11.8 Å². The Hall–Kier alpha value is 0.0400. The van der Waals surface area contributed by atoms with Crippen molar-refractivity contribution in [1.29, 1.82) is 0 Å². The normalized spacial score (nSPS) is 11.7. The molecule has 1 aromatic rings. The van der Waals surface area contributed by atoms with E-state index >= 15 is 0 Å². The van der Waals surface area contributed by atoms with Crippen molar-refractivity contribution in [3.63, 3.8) is 0 Å². The van der Waals surface area contributed by atoms with Crippen LogP contribution in [-0.2, 0) is 0 Å². The molecule has 0 aliphatic rings. The van der Waals surface area contributed by atoms with Crippen LogP contribution in [-0.4, -0.2) is 10.2 Å². The molecule has 0 nitrogen and oxygen atoms in total. The lowest BCUT2D eigenvalue weighted by Gasteiger charge is -1.97. The van der Waals surface area contributed by atoms with E-state index in [4.69, 9.17) is 0 Å². The van der Waals surface area contributed by atoms with Crippen molar-refractivity contribution in [2.75, 3.05) is 10.2 Å². The zero-order chi connectivity index (χ0) is 9.52. The van der Waals surface area contributed by atoms with Gasteiger partial charge in [-0.2, -0.15) is 0 Å².